The number of aliphatic hydroxyl groups excluding tert-OH is 2. The first-order valence-electron chi connectivity index (χ1n) is 13.6. The van der Waals surface area contributed by atoms with Crippen LogP contribution in [-0.2, 0) is 24.2 Å². The summed E-state index contributed by atoms with van der Waals surface area (Å²) in [7, 11) is -3.95. The van der Waals surface area contributed by atoms with Crippen LogP contribution in [0.25, 0.3) is 6.08 Å². The van der Waals surface area contributed by atoms with Crippen LogP contribution in [0.1, 0.15) is 25.8 Å². The molecule has 0 bridgehead atoms. The van der Waals surface area contributed by atoms with Gasteiger partial charge in [0, 0.05) is 0 Å². The van der Waals surface area contributed by atoms with Crippen molar-refractivity contribution in [3.05, 3.63) is 69.8 Å². The molecule has 41 heavy (non-hydrogen) atoms. The summed E-state index contributed by atoms with van der Waals surface area (Å²) in [4.78, 5) is 13.1. The number of fused-ring (bicyclic) bond motifs is 1. The summed E-state index contributed by atoms with van der Waals surface area (Å²) < 4.78 is 45.7. The minimum absolute atomic E-state index is 0.00660. The van der Waals surface area contributed by atoms with Crippen molar-refractivity contribution in [2.75, 3.05) is 32.9 Å². The number of alkyl halides is 1. The number of rotatable bonds is 13. The van der Waals surface area contributed by atoms with E-state index in [0.717, 1.165) is 15.6 Å². The van der Waals surface area contributed by atoms with E-state index in [2.05, 4.69) is 5.32 Å². The molecular formula is C29H38IN2O8S-. The predicted octanol–water partition coefficient (Wildman–Crippen LogP) is -0.528. The molecule has 2 aliphatic rings. The molecule has 5 atom stereocenters. The van der Waals surface area contributed by atoms with Gasteiger partial charge in [0.05, 0.1) is 0 Å². The summed E-state index contributed by atoms with van der Waals surface area (Å²) in [6.45, 7) is 4.50. The number of carbonyl (C=O) groups excluding carboxylic acids is 1. The number of carbonyl (C=O) groups is 1. The number of hydrogen-bond donors (Lipinski definition) is 3. The number of sulfonamides is 1. The third-order valence-corrected chi connectivity index (χ3v) is 11.8. The van der Waals surface area contributed by atoms with Crippen LogP contribution in [0.4, 0.5) is 4.79 Å². The third-order valence-electron chi connectivity index (χ3n) is 6.71. The zero-order chi connectivity index (χ0) is 29.4. The zero-order valence-corrected chi connectivity index (χ0v) is 26.1. The molecule has 0 radical (unpaired) electrons. The molecule has 1 unspecified atom stereocenters. The van der Waals surface area contributed by atoms with Crippen molar-refractivity contribution in [2.24, 2.45) is 11.8 Å². The Bertz CT molecular complexity index is 1260. The molecular weight excluding hydrogens is 663 g/mol. The maximum absolute atomic E-state index is 13.7. The second-order valence-electron chi connectivity index (χ2n) is 10.4. The monoisotopic (exact) mass is 701 g/mol. The number of ether oxygens (including phenoxy) is 3. The molecule has 2 aromatic rings. The number of nitrogens with one attached hydrogen (secondary N) is 1. The molecule has 0 saturated carbocycles. The Labute approximate surface area is 252 Å². The third kappa shape index (κ3) is 8.72. The fourth-order valence-corrected chi connectivity index (χ4v) is 9.00. The van der Waals surface area contributed by atoms with Crippen LogP contribution < -0.4 is 26.5 Å². The van der Waals surface area contributed by atoms with E-state index in [1.807, 2.05) is 44.2 Å². The van der Waals surface area contributed by atoms with Gasteiger partial charge < -0.3 is 5.11 Å². The van der Waals surface area contributed by atoms with Gasteiger partial charge in [0.15, 0.2) is 0 Å². The summed E-state index contributed by atoms with van der Waals surface area (Å²) in [5.74, 6) is -0.0296. The predicted molar refractivity (Wildman–Crippen MR) is 148 cm³/mol. The van der Waals surface area contributed by atoms with Crippen molar-refractivity contribution < 1.29 is 58.8 Å². The van der Waals surface area contributed by atoms with Gasteiger partial charge in [0.1, 0.15) is 0 Å². The van der Waals surface area contributed by atoms with Gasteiger partial charge in [-0.1, -0.05) is 0 Å². The number of amides is 1. The maximum atomic E-state index is 13.7. The van der Waals surface area contributed by atoms with Gasteiger partial charge in [-0.2, -0.15) is 0 Å². The Balaban J connectivity index is 1.51. The van der Waals surface area contributed by atoms with Crippen LogP contribution in [0.5, 0.6) is 0 Å². The fraction of sp³-hybridized carbons (Fsp3) is 0.483. The first-order chi connectivity index (χ1) is 19.7. The number of aliphatic hydroxyl groups is 2. The topological polar surface area (TPSA) is 135 Å². The zero-order valence-electron chi connectivity index (χ0n) is 23.1. The van der Waals surface area contributed by atoms with Crippen molar-refractivity contribution >= 4 is 22.2 Å². The first kappa shape index (κ1) is 31.9. The van der Waals surface area contributed by atoms with E-state index < -0.39 is 53.6 Å². The molecule has 2 fully saturated rings. The van der Waals surface area contributed by atoms with Crippen molar-refractivity contribution in [1.29, 1.82) is 0 Å². The summed E-state index contributed by atoms with van der Waals surface area (Å²) in [6.07, 6.45) is 1.36. The first-order valence-corrected chi connectivity index (χ1v) is 17.4. The molecule has 0 aromatic heterocycles. The molecule has 0 aliphatic carbocycles. The molecule has 226 valence electrons. The van der Waals surface area contributed by atoms with Gasteiger partial charge in [-0.3, -0.25) is 0 Å². The average molecular weight is 702 g/mol. The minimum atomic E-state index is -3.95. The van der Waals surface area contributed by atoms with Crippen molar-refractivity contribution in [3.63, 3.8) is 0 Å². The molecule has 4 rings (SSSR count). The van der Waals surface area contributed by atoms with Gasteiger partial charge in [0.25, 0.3) is 0 Å². The fourth-order valence-electron chi connectivity index (χ4n) is 4.72. The Morgan fingerprint density at radius 1 is 1.15 bits per heavy atom. The molecule has 3 N–H and O–H groups in total. The van der Waals surface area contributed by atoms with Crippen LogP contribution in [0.15, 0.2) is 65.6 Å². The number of nitrogens with zero attached hydrogens (tertiary/aromatic N) is 1. The molecule has 2 heterocycles. The van der Waals surface area contributed by atoms with E-state index in [0.29, 0.717) is 6.61 Å². The standard InChI is InChI=1S/C29H38IN2O8S/c1-20(2)17-32(41(36,37)23-12-10-21(11-13-23)7-6-15-33)18-25(34)27(30-22-8-4-3-5-9-22)31-29(35)40-26-19-39-28-24(26)14-16-38-28/h3-13,20,24-28,33-34H,14-19H2,1-2H3,(H,31,35)/q-1/b7-6+/t24?,25-,26+,27-,28-/m1/s1. The second kappa shape index (κ2) is 14.9. The van der Waals surface area contributed by atoms with Crippen molar-refractivity contribution in [1.82, 2.24) is 9.62 Å². The summed E-state index contributed by atoms with van der Waals surface area (Å²) in [5.41, 5.74) is 0.756. The molecule has 1 amide bonds. The molecule has 12 heteroatoms. The Morgan fingerprint density at radius 2 is 1.88 bits per heavy atom. The van der Waals surface area contributed by atoms with Gasteiger partial charge in [-0.25, -0.2) is 0 Å². The number of alkyl carbamates (subject to hydrolysis) is 1. The summed E-state index contributed by atoms with van der Waals surface area (Å²) in [5, 5.41) is 23.3. The van der Waals surface area contributed by atoms with E-state index in [1.54, 1.807) is 24.3 Å². The van der Waals surface area contributed by atoms with Crippen molar-refractivity contribution in [2.45, 2.75) is 47.7 Å². The van der Waals surface area contributed by atoms with Gasteiger partial charge >= 0.3 is 248 Å². The molecule has 2 aromatic carbocycles. The molecule has 10 nitrogen and oxygen atoms in total. The van der Waals surface area contributed by atoms with Crippen LogP contribution in [0, 0.1) is 15.4 Å². The Hall–Kier alpha value is -2.07. The number of halogens is 1. The van der Waals surface area contributed by atoms with E-state index in [1.165, 1.54) is 16.4 Å². The second-order valence-corrected chi connectivity index (χ2v) is 15.5. The molecule has 0 spiro atoms. The van der Waals surface area contributed by atoms with E-state index in [-0.39, 0.29) is 49.3 Å². The van der Waals surface area contributed by atoms with Crippen molar-refractivity contribution in [3.8, 4) is 0 Å². The van der Waals surface area contributed by atoms with Crippen LogP contribution in [-0.4, -0.2) is 84.5 Å². The summed E-state index contributed by atoms with van der Waals surface area (Å²) >= 11 is -0.967. The van der Waals surface area contributed by atoms with Gasteiger partial charge in [-0.05, 0) is 0 Å². The Kier molecular flexibility index (Phi) is 11.6. The van der Waals surface area contributed by atoms with E-state index >= 15 is 0 Å². The van der Waals surface area contributed by atoms with Crippen LogP contribution in [0.3, 0.4) is 0 Å². The average Bonchev–Trinajstić information content (AvgIpc) is 3.57. The number of hydrogen-bond acceptors (Lipinski definition) is 8. The van der Waals surface area contributed by atoms with E-state index in [4.69, 9.17) is 19.3 Å². The summed E-state index contributed by atoms with van der Waals surface area (Å²) in [6, 6.07) is 15.9. The van der Waals surface area contributed by atoms with Gasteiger partial charge in [-0.15, -0.1) is 0 Å². The van der Waals surface area contributed by atoms with Crippen LogP contribution in [0.2, 0.25) is 0 Å². The number of benzene rings is 2. The normalized spacial score (nSPS) is 22.3. The SMILES string of the molecule is CC(C)CN(C[C@@H](O)[C@@H](NC(=O)O[C@H]1CO[C@H]2OCCC21)[I-]c1ccccc1)S(=O)(=O)c1ccc(/C=C/CO)cc1. The van der Waals surface area contributed by atoms with Gasteiger partial charge in [0.2, 0.25) is 0 Å². The quantitative estimate of drug-likeness (QED) is 0.144. The Morgan fingerprint density at radius 3 is 2.56 bits per heavy atom. The molecule has 2 aliphatic heterocycles. The van der Waals surface area contributed by atoms with Crippen LogP contribution >= 0.6 is 0 Å². The van der Waals surface area contributed by atoms with E-state index in [9.17, 15) is 18.3 Å². The molecule has 2 saturated heterocycles.